The first kappa shape index (κ1) is 18.1. The highest BCUT2D eigenvalue weighted by molar-refractivity contribution is 6.03. The molecule has 0 spiro atoms. The van der Waals surface area contributed by atoms with Crippen molar-refractivity contribution in [3.05, 3.63) is 18.0 Å². The monoisotopic (exact) mass is 354 g/mol. The molecule has 24 heavy (non-hydrogen) atoms. The molecule has 9 nitrogen and oxygen atoms in total. The van der Waals surface area contributed by atoms with Crippen LogP contribution in [0.2, 0.25) is 0 Å². The topological polar surface area (TPSA) is 116 Å². The number of rotatable bonds is 3. The third-order valence-electron chi connectivity index (χ3n) is 3.84. The molecule has 0 bridgehead atoms. The molecule has 1 aromatic rings. The van der Waals surface area contributed by atoms with E-state index in [-0.39, 0.29) is 30.3 Å². The van der Waals surface area contributed by atoms with Crippen LogP contribution in [0.25, 0.3) is 0 Å². The molecule has 2 aliphatic rings. The Bertz CT molecular complexity index is 617. The Morgan fingerprint density at radius 2 is 1.88 bits per heavy atom. The highest BCUT2D eigenvalue weighted by Gasteiger charge is 2.28. The molecule has 3 N–H and O–H groups in total. The maximum atomic E-state index is 12.1. The van der Waals surface area contributed by atoms with E-state index >= 15 is 0 Å². The van der Waals surface area contributed by atoms with Crippen molar-refractivity contribution in [2.45, 2.75) is 18.9 Å². The van der Waals surface area contributed by atoms with Crippen LogP contribution in [-0.2, 0) is 9.59 Å². The van der Waals surface area contributed by atoms with Gasteiger partial charge in [-0.2, -0.15) is 0 Å². The molecule has 130 valence electrons. The zero-order valence-electron chi connectivity index (χ0n) is 12.9. The summed E-state index contributed by atoms with van der Waals surface area (Å²) in [7, 11) is 0. The lowest BCUT2D eigenvalue weighted by Gasteiger charge is -2.27. The van der Waals surface area contributed by atoms with Crippen LogP contribution in [0.4, 0.5) is 5.95 Å². The first-order valence-electron chi connectivity index (χ1n) is 7.56. The van der Waals surface area contributed by atoms with Crippen molar-refractivity contribution < 1.29 is 14.4 Å². The largest absolute Gasteiger partial charge is 0.340 e. The van der Waals surface area contributed by atoms with Gasteiger partial charge >= 0.3 is 0 Å². The minimum atomic E-state index is -0.701. The molecule has 10 heteroatoms. The number of carbonyl (C=O) groups excluding carboxylic acids is 3. The van der Waals surface area contributed by atoms with Gasteiger partial charge in [-0.25, -0.2) is 9.97 Å². The summed E-state index contributed by atoms with van der Waals surface area (Å²) in [6, 6.07) is -0.701. The van der Waals surface area contributed by atoms with Gasteiger partial charge in [-0.15, -0.1) is 12.4 Å². The number of aromatic nitrogens is 2. The van der Waals surface area contributed by atoms with E-state index in [2.05, 4.69) is 25.9 Å². The summed E-state index contributed by atoms with van der Waals surface area (Å²) < 4.78 is 0. The van der Waals surface area contributed by atoms with E-state index < -0.39 is 17.9 Å². The van der Waals surface area contributed by atoms with E-state index in [4.69, 9.17) is 0 Å². The van der Waals surface area contributed by atoms with Gasteiger partial charge in [0, 0.05) is 45.0 Å². The Hall–Kier alpha value is -2.26. The fourth-order valence-corrected chi connectivity index (χ4v) is 2.54. The quantitative estimate of drug-likeness (QED) is 0.586. The van der Waals surface area contributed by atoms with Crippen LogP contribution in [0.15, 0.2) is 12.4 Å². The van der Waals surface area contributed by atoms with Gasteiger partial charge in [0.1, 0.15) is 6.04 Å². The van der Waals surface area contributed by atoms with Crippen molar-refractivity contribution in [1.29, 1.82) is 0 Å². The van der Waals surface area contributed by atoms with Crippen molar-refractivity contribution in [2.24, 2.45) is 0 Å². The fraction of sp³-hybridized carbons (Fsp3) is 0.500. The first-order chi connectivity index (χ1) is 11.1. The lowest BCUT2D eigenvalue weighted by atomic mass is 10.1. The number of nitrogens with zero attached hydrogens (tertiary/aromatic N) is 3. The average molecular weight is 355 g/mol. The highest BCUT2D eigenvalue weighted by atomic mass is 35.5. The van der Waals surface area contributed by atoms with Gasteiger partial charge in [0.05, 0.1) is 5.56 Å². The predicted molar refractivity (Wildman–Crippen MR) is 88.0 cm³/mol. The molecule has 2 saturated heterocycles. The van der Waals surface area contributed by atoms with E-state index in [0.717, 1.165) is 26.2 Å². The second kappa shape index (κ2) is 8.02. The van der Waals surface area contributed by atoms with Gasteiger partial charge in [-0.3, -0.25) is 19.7 Å². The second-order valence-electron chi connectivity index (χ2n) is 5.49. The van der Waals surface area contributed by atoms with E-state index in [0.29, 0.717) is 12.4 Å². The van der Waals surface area contributed by atoms with Gasteiger partial charge < -0.3 is 15.5 Å². The lowest BCUT2D eigenvalue weighted by molar-refractivity contribution is -0.134. The molecule has 3 amide bonds. The number of hydrogen-bond donors (Lipinski definition) is 3. The number of anilines is 1. The van der Waals surface area contributed by atoms with Crippen LogP contribution in [0, 0.1) is 0 Å². The smallest absolute Gasteiger partial charge is 0.255 e. The van der Waals surface area contributed by atoms with E-state index in [9.17, 15) is 14.4 Å². The molecule has 2 aliphatic heterocycles. The lowest BCUT2D eigenvalue weighted by Crippen LogP contribution is -2.52. The van der Waals surface area contributed by atoms with Gasteiger partial charge in [0.2, 0.25) is 17.8 Å². The average Bonchev–Trinajstić information content (AvgIpc) is 2.58. The summed E-state index contributed by atoms with van der Waals surface area (Å²) in [5.74, 6) is -0.632. The Kier molecular flexibility index (Phi) is 6.04. The number of imide groups is 1. The third kappa shape index (κ3) is 4.18. The number of nitrogens with one attached hydrogen (secondary N) is 3. The summed E-state index contributed by atoms with van der Waals surface area (Å²) in [6.45, 7) is 3.39. The van der Waals surface area contributed by atoms with Crippen LogP contribution in [-0.4, -0.2) is 59.9 Å². The van der Waals surface area contributed by atoms with Gasteiger partial charge in [-0.05, 0) is 6.42 Å². The molecule has 0 aromatic carbocycles. The first-order valence-corrected chi connectivity index (χ1v) is 7.56. The summed E-state index contributed by atoms with van der Waals surface area (Å²) in [5, 5.41) is 8.04. The number of hydrogen-bond acceptors (Lipinski definition) is 7. The molecule has 0 radical (unpaired) electrons. The van der Waals surface area contributed by atoms with Crippen LogP contribution in [0.1, 0.15) is 23.2 Å². The van der Waals surface area contributed by atoms with Gasteiger partial charge in [-0.1, -0.05) is 0 Å². The molecule has 3 rings (SSSR count). The van der Waals surface area contributed by atoms with Gasteiger partial charge in [0.25, 0.3) is 5.91 Å². The number of piperazine rings is 1. The second-order valence-corrected chi connectivity index (χ2v) is 5.49. The molecule has 0 saturated carbocycles. The summed E-state index contributed by atoms with van der Waals surface area (Å²) in [4.78, 5) is 45.4. The Morgan fingerprint density at radius 1 is 1.21 bits per heavy atom. The van der Waals surface area contributed by atoms with Crippen molar-refractivity contribution in [3.63, 3.8) is 0 Å². The van der Waals surface area contributed by atoms with Crippen LogP contribution in [0.3, 0.4) is 0 Å². The zero-order valence-corrected chi connectivity index (χ0v) is 13.8. The summed E-state index contributed by atoms with van der Waals surface area (Å²) in [5.41, 5.74) is 0.286. The molecule has 1 unspecified atom stereocenters. The SMILES string of the molecule is Cl.O=C1CCC(NC(=O)c2cnc(N3CCNCC3)nc2)C(=O)N1. The van der Waals surface area contributed by atoms with Crippen molar-refractivity contribution in [1.82, 2.24) is 25.9 Å². The third-order valence-corrected chi connectivity index (χ3v) is 3.84. The van der Waals surface area contributed by atoms with Gasteiger partial charge in [0.15, 0.2) is 0 Å². The Balaban J connectivity index is 0.00000208. The summed E-state index contributed by atoms with van der Waals surface area (Å²) in [6.07, 6.45) is 3.42. The highest BCUT2D eigenvalue weighted by Crippen LogP contribution is 2.09. The van der Waals surface area contributed by atoms with Crippen LogP contribution < -0.4 is 20.9 Å². The van der Waals surface area contributed by atoms with Crippen molar-refractivity contribution in [2.75, 3.05) is 31.1 Å². The number of amides is 3. The zero-order chi connectivity index (χ0) is 16.2. The Morgan fingerprint density at radius 3 is 2.50 bits per heavy atom. The maximum absolute atomic E-state index is 12.1. The summed E-state index contributed by atoms with van der Waals surface area (Å²) >= 11 is 0. The Labute approximate surface area is 145 Å². The molecule has 2 fully saturated rings. The normalized spacial score (nSPS) is 20.8. The predicted octanol–water partition coefficient (Wildman–Crippen LogP) is -1.16. The maximum Gasteiger partial charge on any atom is 0.255 e. The molecule has 1 aromatic heterocycles. The van der Waals surface area contributed by atoms with Crippen molar-refractivity contribution in [3.8, 4) is 0 Å². The fourth-order valence-electron chi connectivity index (χ4n) is 2.54. The van der Waals surface area contributed by atoms with E-state index in [1.165, 1.54) is 12.4 Å². The molecule has 1 atom stereocenters. The van der Waals surface area contributed by atoms with Crippen LogP contribution >= 0.6 is 12.4 Å². The van der Waals surface area contributed by atoms with E-state index in [1.807, 2.05) is 4.90 Å². The van der Waals surface area contributed by atoms with Crippen molar-refractivity contribution >= 4 is 36.1 Å². The molecular weight excluding hydrogens is 336 g/mol. The molecular formula is C14H19ClN6O3. The van der Waals surface area contributed by atoms with E-state index in [1.54, 1.807) is 0 Å². The van der Waals surface area contributed by atoms with Crippen LogP contribution in [0.5, 0.6) is 0 Å². The minimum absolute atomic E-state index is 0. The molecule has 0 aliphatic carbocycles. The number of halogens is 1. The molecule has 3 heterocycles. The minimum Gasteiger partial charge on any atom is -0.340 e. The number of piperidine rings is 1. The standard InChI is InChI=1S/C14H18N6O3.ClH/c21-11-2-1-10(13(23)19-11)18-12(22)9-7-16-14(17-8-9)20-5-3-15-4-6-20;/h7-8,10,15H,1-6H2,(H,18,22)(H,19,21,23);1H. The number of carbonyl (C=O) groups is 3.